The molecule has 0 aromatic carbocycles. The molecule has 1 atom stereocenters. The molecular formula is C15H20F10NNaO6S2. The number of hydrogen-bond acceptors (Lipinski definition) is 6. The molecule has 35 heavy (non-hydrogen) atoms. The van der Waals surface area contributed by atoms with E-state index >= 15 is 0 Å². The molecule has 0 heterocycles. The third kappa shape index (κ3) is 12.6. The van der Waals surface area contributed by atoms with E-state index in [4.69, 9.17) is 0 Å². The third-order valence-corrected chi connectivity index (χ3v) is 7.08. The summed E-state index contributed by atoms with van der Waals surface area (Å²) >= 11 is 0. The molecule has 0 aliphatic rings. The van der Waals surface area contributed by atoms with Crippen LogP contribution in [0, 0.1) is 5.92 Å². The molecular weight excluding hydrogens is 567 g/mol. The molecule has 0 saturated heterocycles. The molecule has 0 aliphatic heterocycles. The van der Waals surface area contributed by atoms with Crippen molar-refractivity contribution in [1.29, 1.82) is 0 Å². The van der Waals surface area contributed by atoms with Crippen LogP contribution in [0.1, 0.15) is 33.1 Å². The molecule has 0 spiro atoms. The number of alkyl halides is 10. The van der Waals surface area contributed by atoms with E-state index in [0.29, 0.717) is 0 Å². The first-order valence-electron chi connectivity index (χ1n) is 8.96. The van der Waals surface area contributed by atoms with Gasteiger partial charge in [-0.05, 0) is 20.3 Å². The Hall–Kier alpha value is -0.370. The molecule has 0 aromatic rings. The second-order valence-electron chi connectivity index (χ2n) is 8.06. The molecule has 0 aliphatic carbocycles. The summed E-state index contributed by atoms with van der Waals surface area (Å²) < 4.78 is 184. The summed E-state index contributed by atoms with van der Waals surface area (Å²) in [5.41, 5.74) is -7.92. The normalized spacial score (nSPS) is 15.3. The van der Waals surface area contributed by atoms with Gasteiger partial charge in [-0.2, -0.15) is 39.5 Å². The summed E-state index contributed by atoms with van der Waals surface area (Å²) in [4.78, 5) is 11.7. The standard InChI is InChI=1S/C15H21F10NO6S2.Na/c1-11(2,8-34(30,31)32)26-10(27)4-6-33(28,29)5-3-9(13(17,18)19)7-12(16,14(20,21)22)15(23,24)25;/h9H,3-8H2,1-2H3,(H,26,27)(H,30,31,32);/q;+1/p-1. The molecule has 1 unspecified atom stereocenters. The Morgan fingerprint density at radius 1 is 0.857 bits per heavy atom. The number of carbonyl (C=O) groups excluding carboxylic acids is 1. The van der Waals surface area contributed by atoms with Gasteiger partial charge in [0.2, 0.25) is 5.91 Å². The summed E-state index contributed by atoms with van der Waals surface area (Å²) in [5, 5.41) is 1.98. The van der Waals surface area contributed by atoms with Gasteiger partial charge in [0.15, 0.2) is 9.84 Å². The molecule has 7 nitrogen and oxygen atoms in total. The van der Waals surface area contributed by atoms with Gasteiger partial charge in [0.05, 0.1) is 33.3 Å². The van der Waals surface area contributed by atoms with E-state index in [1.54, 1.807) is 0 Å². The van der Waals surface area contributed by atoms with Gasteiger partial charge in [-0.25, -0.2) is 21.2 Å². The SMILES string of the molecule is CC(C)(CS(=O)(=O)[O-])NC(=O)CCS(=O)(=O)CCC(CC(F)(C(F)(F)F)C(F)(F)F)C(F)(F)F.[Na+]. The monoisotopic (exact) mass is 587 g/mol. The average molecular weight is 587 g/mol. The molecule has 0 rings (SSSR count). The summed E-state index contributed by atoms with van der Waals surface area (Å²) in [6.07, 6.45) is -25.4. The fourth-order valence-electron chi connectivity index (χ4n) is 2.70. The zero-order chi connectivity index (χ0) is 27.6. The van der Waals surface area contributed by atoms with Crippen molar-refractivity contribution in [3.63, 3.8) is 0 Å². The molecule has 0 saturated carbocycles. The second kappa shape index (κ2) is 12.0. The van der Waals surface area contributed by atoms with Crippen molar-refractivity contribution in [2.45, 2.75) is 62.8 Å². The molecule has 0 bridgehead atoms. The Labute approximate surface area is 216 Å². The number of hydrogen-bond donors (Lipinski definition) is 1. The molecule has 20 heteroatoms. The van der Waals surface area contributed by atoms with E-state index < -0.39 is 98.0 Å². The van der Waals surface area contributed by atoms with Crippen molar-refractivity contribution in [3.8, 4) is 0 Å². The van der Waals surface area contributed by atoms with Crippen molar-refractivity contribution < 1.29 is 99.6 Å². The molecule has 0 fully saturated rings. The predicted molar refractivity (Wildman–Crippen MR) is 94.8 cm³/mol. The van der Waals surface area contributed by atoms with E-state index in [-0.39, 0.29) is 29.6 Å². The Morgan fingerprint density at radius 3 is 1.63 bits per heavy atom. The van der Waals surface area contributed by atoms with Crippen LogP contribution in [0.4, 0.5) is 43.9 Å². The van der Waals surface area contributed by atoms with Crippen LogP contribution >= 0.6 is 0 Å². The predicted octanol–water partition coefficient (Wildman–Crippen LogP) is 0.0269. The second-order valence-corrected chi connectivity index (χ2v) is 11.8. The molecule has 204 valence electrons. The minimum Gasteiger partial charge on any atom is -0.748 e. The third-order valence-electron chi connectivity index (χ3n) is 4.32. The van der Waals surface area contributed by atoms with Crippen LogP contribution in [0.5, 0.6) is 0 Å². The van der Waals surface area contributed by atoms with Crippen LogP contribution in [-0.4, -0.2) is 74.3 Å². The minimum absolute atomic E-state index is 0. The number of nitrogens with one attached hydrogen (secondary N) is 1. The van der Waals surface area contributed by atoms with Crippen LogP contribution in [0.3, 0.4) is 0 Å². The zero-order valence-electron chi connectivity index (χ0n) is 18.4. The topological polar surface area (TPSA) is 120 Å². The van der Waals surface area contributed by atoms with Crippen molar-refractivity contribution in [1.82, 2.24) is 5.32 Å². The van der Waals surface area contributed by atoms with E-state index in [9.17, 15) is 70.1 Å². The summed E-state index contributed by atoms with van der Waals surface area (Å²) in [5.74, 6) is -8.76. The first-order valence-corrected chi connectivity index (χ1v) is 12.4. The zero-order valence-corrected chi connectivity index (χ0v) is 22.0. The van der Waals surface area contributed by atoms with Crippen LogP contribution < -0.4 is 34.9 Å². The fraction of sp³-hybridized carbons (Fsp3) is 0.933. The van der Waals surface area contributed by atoms with E-state index in [1.165, 1.54) is 0 Å². The number of halogens is 10. The molecule has 1 N–H and O–H groups in total. The van der Waals surface area contributed by atoms with Crippen molar-refractivity contribution in [2.75, 3.05) is 17.3 Å². The van der Waals surface area contributed by atoms with E-state index in [2.05, 4.69) is 0 Å². The maximum Gasteiger partial charge on any atom is 1.00 e. The van der Waals surface area contributed by atoms with E-state index in [1.807, 2.05) is 5.32 Å². The smallest absolute Gasteiger partial charge is 0.748 e. The van der Waals surface area contributed by atoms with Gasteiger partial charge in [0.1, 0.15) is 0 Å². The number of sulfone groups is 1. The first kappa shape index (κ1) is 36.8. The van der Waals surface area contributed by atoms with Crippen molar-refractivity contribution in [3.05, 3.63) is 0 Å². The van der Waals surface area contributed by atoms with Gasteiger partial charge in [-0.3, -0.25) is 4.79 Å². The minimum atomic E-state index is -6.77. The number of rotatable bonds is 11. The summed E-state index contributed by atoms with van der Waals surface area (Å²) in [7, 11) is -9.49. The van der Waals surface area contributed by atoms with Crippen LogP contribution in [-0.2, 0) is 24.7 Å². The van der Waals surface area contributed by atoms with Gasteiger partial charge in [0, 0.05) is 18.4 Å². The van der Waals surface area contributed by atoms with Gasteiger partial charge >= 0.3 is 48.1 Å². The average Bonchev–Trinajstić information content (AvgIpc) is 2.50. The Kier molecular flexibility index (Phi) is 12.6. The van der Waals surface area contributed by atoms with E-state index in [0.717, 1.165) is 13.8 Å². The molecule has 1 amide bonds. The maximum absolute atomic E-state index is 13.7. The van der Waals surface area contributed by atoms with Crippen molar-refractivity contribution >= 4 is 25.9 Å². The molecule has 0 radical (unpaired) electrons. The van der Waals surface area contributed by atoms with Crippen molar-refractivity contribution in [2.24, 2.45) is 5.92 Å². The van der Waals surface area contributed by atoms with Gasteiger partial charge in [-0.1, -0.05) is 0 Å². The van der Waals surface area contributed by atoms with Crippen LogP contribution in [0.2, 0.25) is 0 Å². The summed E-state index contributed by atoms with van der Waals surface area (Å²) in [6, 6.07) is 0. The first-order chi connectivity index (χ1) is 14.6. The van der Waals surface area contributed by atoms with Gasteiger partial charge in [-0.15, -0.1) is 0 Å². The van der Waals surface area contributed by atoms with Crippen LogP contribution in [0.15, 0.2) is 0 Å². The number of amides is 1. The largest absolute Gasteiger partial charge is 1.00 e. The van der Waals surface area contributed by atoms with Gasteiger partial charge < -0.3 is 9.87 Å². The fourth-order valence-corrected chi connectivity index (χ4v) is 5.00. The van der Waals surface area contributed by atoms with Gasteiger partial charge in [0.25, 0.3) is 5.67 Å². The Balaban J connectivity index is 0. The Morgan fingerprint density at radius 2 is 1.29 bits per heavy atom. The van der Waals surface area contributed by atoms with Crippen LogP contribution in [0.25, 0.3) is 0 Å². The summed E-state index contributed by atoms with van der Waals surface area (Å²) in [6.45, 7) is 2.15. The number of carbonyl (C=O) groups is 1. The Bertz CT molecular complexity index is 915. The molecule has 0 aromatic heterocycles. The quantitative estimate of drug-likeness (QED) is 0.207. The maximum atomic E-state index is 13.7.